The van der Waals surface area contributed by atoms with Crippen molar-refractivity contribution in [3.8, 4) is 0 Å². The van der Waals surface area contributed by atoms with Crippen LogP contribution < -0.4 is 5.73 Å². The standard InChI is InChI=1S/C10H16N.C8H10.C2H5NO/c1-4-7-8-9-10-11(5-2)6-3;1-2-8-6-4-3-5-7-8;1-2(3)4/h4-5,8-10H,1-2,6-7H2,3H3;3-7H,2H2,1H3;1H3,(H2,3,4)/q+1;;/b9-8-,11-10?;;. The zero-order valence-electron chi connectivity index (χ0n) is 14.7. The lowest BCUT2D eigenvalue weighted by molar-refractivity contribution is -0.446. The minimum Gasteiger partial charge on any atom is -0.370 e. The van der Waals surface area contributed by atoms with Crippen LogP contribution in [0.1, 0.15) is 32.8 Å². The molecule has 3 heteroatoms. The second-order valence-electron chi connectivity index (χ2n) is 4.56. The third-order valence-electron chi connectivity index (χ3n) is 2.57. The van der Waals surface area contributed by atoms with Crippen molar-refractivity contribution in [3.05, 3.63) is 73.5 Å². The summed E-state index contributed by atoms with van der Waals surface area (Å²) in [6.07, 6.45) is 11.8. The van der Waals surface area contributed by atoms with Gasteiger partial charge in [-0.05, 0) is 38.0 Å². The zero-order chi connectivity index (χ0) is 17.9. The fourth-order valence-corrected chi connectivity index (χ4v) is 1.36. The predicted molar refractivity (Wildman–Crippen MR) is 102 cm³/mol. The summed E-state index contributed by atoms with van der Waals surface area (Å²) in [7, 11) is 0. The number of benzene rings is 1. The maximum absolute atomic E-state index is 9.22. The summed E-state index contributed by atoms with van der Waals surface area (Å²) in [4.78, 5) is 9.22. The SMILES string of the molecule is C=CC/C=C\C=[N+](C=C)CC.CC(N)=O.CCc1ccccc1. The first kappa shape index (κ1) is 22.9. The van der Waals surface area contributed by atoms with E-state index in [2.05, 4.69) is 63.1 Å². The summed E-state index contributed by atoms with van der Waals surface area (Å²) in [5.41, 5.74) is 5.88. The van der Waals surface area contributed by atoms with Gasteiger partial charge in [0, 0.05) is 6.92 Å². The molecule has 0 unspecified atom stereocenters. The lowest BCUT2D eigenvalue weighted by Gasteiger charge is -1.89. The number of carbonyl (C=O) groups is 1. The molecule has 23 heavy (non-hydrogen) atoms. The first-order chi connectivity index (χ1) is 11.0. The monoisotopic (exact) mass is 315 g/mol. The Bertz CT molecular complexity index is 484. The van der Waals surface area contributed by atoms with Crippen LogP contribution in [0.3, 0.4) is 0 Å². The molecule has 126 valence electrons. The van der Waals surface area contributed by atoms with E-state index in [-0.39, 0.29) is 5.91 Å². The highest BCUT2D eigenvalue weighted by Crippen LogP contribution is 1.96. The Kier molecular flexibility index (Phi) is 17.5. The predicted octanol–water partition coefficient (Wildman–Crippen LogP) is 4.11. The minimum absolute atomic E-state index is 0.333. The molecule has 0 aromatic heterocycles. The molecule has 0 heterocycles. The minimum atomic E-state index is -0.333. The maximum Gasteiger partial charge on any atom is 0.214 e. The topological polar surface area (TPSA) is 46.1 Å². The van der Waals surface area contributed by atoms with Crippen LogP contribution in [0.2, 0.25) is 0 Å². The van der Waals surface area contributed by atoms with Crippen molar-refractivity contribution in [1.29, 1.82) is 0 Å². The van der Waals surface area contributed by atoms with Crippen LogP contribution in [-0.2, 0) is 11.2 Å². The fourth-order valence-electron chi connectivity index (χ4n) is 1.36. The van der Waals surface area contributed by atoms with Gasteiger partial charge in [-0.1, -0.05) is 49.4 Å². The third kappa shape index (κ3) is 19.6. The van der Waals surface area contributed by atoms with Crippen LogP contribution in [-0.4, -0.2) is 23.2 Å². The van der Waals surface area contributed by atoms with Crippen LogP contribution in [0, 0.1) is 0 Å². The van der Waals surface area contributed by atoms with Gasteiger partial charge in [-0.15, -0.1) is 6.58 Å². The molecule has 0 aliphatic carbocycles. The van der Waals surface area contributed by atoms with Crippen molar-refractivity contribution >= 4 is 12.1 Å². The van der Waals surface area contributed by atoms with E-state index in [9.17, 15) is 4.79 Å². The van der Waals surface area contributed by atoms with Crippen LogP contribution >= 0.6 is 0 Å². The van der Waals surface area contributed by atoms with Crippen LogP contribution in [0.4, 0.5) is 0 Å². The van der Waals surface area contributed by atoms with Gasteiger partial charge in [-0.25, -0.2) is 4.58 Å². The van der Waals surface area contributed by atoms with Crippen molar-refractivity contribution in [3.63, 3.8) is 0 Å². The van der Waals surface area contributed by atoms with Crippen molar-refractivity contribution in [2.75, 3.05) is 6.54 Å². The Balaban J connectivity index is 0. The number of nitrogens with two attached hydrogens (primary N) is 1. The van der Waals surface area contributed by atoms with Gasteiger partial charge in [-0.2, -0.15) is 0 Å². The zero-order valence-corrected chi connectivity index (χ0v) is 14.7. The highest BCUT2D eigenvalue weighted by molar-refractivity contribution is 5.70. The summed E-state index contributed by atoms with van der Waals surface area (Å²) >= 11 is 0. The van der Waals surface area contributed by atoms with E-state index in [1.807, 2.05) is 29.0 Å². The highest BCUT2D eigenvalue weighted by atomic mass is 16.1. The largest absolute Gasteiger partial charge is 0.370 e. The third-order valence-corrected chi connectivity index (χ3v) is 2.57. The van der Waals surface area contributed by atoms with Gasteiger partial charge in [0.2, 0.25) is 5.91 Å². The number of amides is 1. The van der Waals surface area contributed by atoms with Gasteiger partial charge in [-0.3, -0.25) is 4.79 Å². The van der Waals surface area contributed by atoms with Gasteiger partial charge in [0.15, 0.2) is 12.4 Å². The molecule has 0 atom stereocenters. The first-order valence-corrected chi connectivity index (χ1v) is 7.80. The Morgan fingerprint density at radius 1 is 1.22 bits per heavy atom. The molecular formula is C20H31N2O+. The first-order valence-electron chi connectivity index (χ1n) is 7.80. The van der Waals surface area contributed by atoms with Gasteiger partial charge >= 0.3 is 0 Å². The van der Waals surface area contributed by atoms with Gasteiger partial charge < -0.3 is 5.73 Å². The molecule has 1 amide bonds. The second-order valence-corrected chi connectivity index (χ2v) is 4.56. The molecule has 1 aromatic carbocycles. The molecule has 0 bridgehead atoms. The summed E-state index contributed by atoms with van der Waals surface area (Å²) < 4.78 is 2.01. The average molecular weight is 315 g/mol. The lowest BCUT2D eigenvalue weighted by Crippen LogP contribution is -2.01. The van der Waals surface area contributed by atoms with E-state index in [1.165, 1.54) is 12.5 Å². The molecule has 1 rings (SSSR count). The Morgan fingerprint density at radius 2 is 1.78 bits per heavy atom. The molecule has 0 aliphatic rings. The molecule has 0 aliphatic heterocycles. The summed E-state index contributed by atoms with van der Waals surface area (Å²) in [5, 5.41) is 0. The van der Waals surface area contributed by atoms with Crippen LogP contribution in [0.15, 0.2) is 67.9 Å². The molecule has 0 saturated carbocycles. The molecule has 1 aromatic rings. The second kappa shape index (κ2) is 17.6. The van der Waals surface area contributed by atoms with E-state index in [1.54, 1.807) is 6.20 Å². The average Bonchev–Trinajstić information content (AvgIpc) is 2.56. The number of rotatable bonds is 6. The number of hydrogen-bond acceptors (Lipinski definition) is 1. The molecule has 3 nitrogen and oxygen atoms in total. The number of aryl methyl sites for hydroxylation is 1. The maximum atomic E-state index is 9.22. The van der Waals surface area contributed by atoms with Crippen LogP contribution in [0.25, 0.3) is 0 Å². The van der Waals surface area contributed by atoms with Crippen LogP contribution in [0.5, 0.6) is 0 Å². The van der Waals surface area contributed by atoms with E-state index >= 15 is 0 Å². The summed E-state index contributed by atoms with van der Waals surface area (Å²) in [6, 6.07) is 10.5. The summed E-state index contributed by atoms with van der Waals surface area (Å²) in [6.45, 7) is 13.8. The van der Waals surface area contributed by atoms with Crippen molar-refractivity contribution in [2.45, 2.75) is 33.6 Å². The molecule has 0 saturated heterocycles. The molecule has 0 radical (unpaired) electrons. The van der Waals surface area contributed by atoms with E-state index in [0.717, 1.165) is 19.4 Å². The number of hydrogen-bond donors (Lipinski definition) is 1. The Morgan fingerprint density at radius 3 is 2.13 bits per heavy atom. The Labute approximate surface area is 141 Å². The number of nitrogens with zero attached hydrogens (tertiary/aromatic N) is 1. The normalized spacial score (nSPS) is 9.96. The van der Waals surface area contributed by atoms with Crippen molar-refractivity contribution in [1.82, 2.24) is 0 Å². The van der Waals surface area contributed by atoms with Gasteiger partial charge in [0.05, 0.1) is 0 Å². The molecular weight excluding hydrogens is 284 g/mol. The molecule has 0 spiro atoms. The van der Waals surface area contributed by atoms with E-state index in [4.69, 9.17) is 0 Å². The molecule has 0 fully saturated rings. The van der Waals surface area contributed by atoms with Gasteiger partial charge in [0.1, 0.15) is 6.54 Å². The highest BCUT2D eigenvalue weighted by Gasteiger charge is 1.86. The lowest BCUT2D eigenvalue weighted by atomic mass is 10.2. The quantitative estimate of drug-likeness (QED) is 0.479. The number of allylic oxidation sites excluding steroid dienone is 3. The number of primary amides is 1. The van der Waals surface area contributed by atoms with Gasteiger partial charge in [0.25, 0.3) is 0 Å². The number of carbonyl (C=O) groups excluding carboxylic acids is 1. The molecule has 2 N–H and O–H groups in total. The smallest absolute Gasteiger partial charge is 0.214 e. The van der Waals surface area contributed by atoms with Crippen molar-refractivity contribution < 1.29 is 9.37 Å². The van der Waals surface area contributed by atoms with Crippen molar-refractivity contribution in [2.24, 2.45) is 5.73 Å². The van der Waals surface area contributed by atoms with E-state index in [0.29, 0.717) is 0 Å². The fraction of sp³-hybridized carbons (Fsp3) is 0.300. The Hall–Kier alpha value is -2.42. The van der Waals surface area contributed by atoms with E-state index < -0.39 is 0 Å². The summed E-state index contributed by atoms with van der Waals surface area (Å²) in [5.74, 6) is -0.333.